The van der Waals surface area contributed by atoms with E-state index in [4.69, 9.17) is 0 Å². The monoisotopic (exact) mass is 370 g/mol. The van der Waals surface area contributed by atoms with Gasteiger partial charge in [0.15, 0.2) is 0 Å². The van der Waals surface area contributed by atoms with E-state index in [9.17, 15) is 14.4 Å². The second-order valence-corrected chi connectivity index (χ2v) is 7.91. The Labute approximate surface area is 158 Å². The fourth-order valence-electron chi connectivity index (χ4n) is 4.08. The molecule has 4 amide bonds. The molecule has 0 aromatic heterocycles. The van der Waals surface area contributed by atoms with Crippen molar-refractivity contribution in [3.8, 4) is 0 Å². The zero-order valence-corrected chi connectivity index (χ0v) is 15.3. The van der Waals surface area contributed by atoms with Gasteiger partial charge in [-0.1, -0.05) is 30.3 Å². The Morgan fingerprint density at radius 3 is 2.67 bits per heavy atom. The normalized spacial score (nSPS) is 27.3. The SMILES string of the molecule is O=C1CN(C(=O)NCc2ccccc2)C[C@H]2C[C@H](C(=O)NC3CC3)C[C@H]2N1. The lowest BCUT2D eigenvalue weighted by atomic mass is 10.0. The molecule has 7 heteroatoms. The Hall–Kier alpha value is -2.57. The van der Waals surface area contributed by atoms with Gasteiger partial charge in [0.25, 0.3) is 0 Å². The van der Waals surface area contributed by atoms with E-state index in [0.29, 0.717) is 32.0 Å². The highest BCUT2D eigenvalue weighted by molar-refractivity contribution is 5.85. The maximum absolute atomic E-state index is 12.6. The van der Waals surface area contributed by atoms with Crippen LogP contribution in [0.5, 0.6) is 0 Å². The Kier molecular flexibility index (Phi) is 5.01. The van der Waals surface area contributed by atoms with Crippen LogP contribution >= 0.6 is 0 Å². The number of amides is 4. The summed E-state index contributed by atoms with van der Waals surface area (Å²) in [5, 5.41) is 8.97. The lowest BCUT2D eigenvalue weighted by molar-refractivity contribution is -0.125. The number of urea groups is 1. The first-order valence-corrected chi connectivity index (χ1v) is 9.75. The van der Waals surface area contributed by atoms with E-state index in [-0.39, 0.29) is 42.3 Å². The number of hydrogen-bond acceptors (Lipinski definition) is 3. The van der Waals surface area contributed by atoms with Gasteiger partial charge in [0.1, 0.15) is 6.54 Å². The minimum atomic E-state index is -0.236. The van der Waals surface area contributed by atoms with Crippen LogP contribution in [0.25, 0.3) is 0 Å². The topological polar surface area (TPSA) is 90.5 Å². The van der Waals surface area contributed by atoms with E-state index in [2.05, 4.69) is 16.0 Å². The average Bonchev–Trinajstić information content (AvgIpc) is 3.42. The van der Waals surface area contributed by atoms with Crippen LogP contribution < -0.4 is 16.0 Å². The van der Waals surface area contributed by atoms with E-state index >= 15 is 0 Å². The third-order valence-electron chi connectivity index (χ3n) is 5.70. The zero-order chi connectivity index (χ0) is 18.8. The third kappa shape index (κ3) is 4.40. The van der Waals surface area contributed by atoms with Crippen LogP contribution in [-0.2, 0) is 16.1 Å². The number of carbonyl (C=O) groups excluding carboxylic acids is 3. The number of hydrogen-bond donors (Lipinski definition) is 3. The lowest BCUT2D eigenvalue weighted by Crippen LogP contribution is -2.44. The number of rotatable bonds is 4. The predicted molar refractivity (Wildman–Crippen MR) is 99.6 cm³/mol. The molecule has 1 saturated heterocycles. The second-order valence-electron chi connectivity index (χ2n) is 7.91. The van der Waals surface area contributed by atoms with E-state index in [0.717, 1.165) is 18.4 Å². The quantitative estimate of drug-likeness (QED) is 0.739. The van der Waals surface area contributed by atoms with Crippen molar-refractivity contribution in [1.29, 1.82) is 0 Å². The van der Waals surface area contributed by atoms with Gasteiger partial charge < -0.3 is 20.9 Å². The smallest absolute Gasteiger partial charge is 0.318 e. The Morgan fingerprint density at radius 1 is 1.15 bits per heavy atom. The van der Waals surface area contributed by atoms with E-state index in [1.54, 1.807) is 4.90 Å². The number of carbonyl (C=O) groups is 3. The predicted octanol–water partition coefficient (Wildman–Crippen LogP) is 1.00. The molecule has 4 rings (SSSR count). The summed E-state index contributed by atoms with van der Waals surface area (Å²) in [7, 11) is 0. The van der Waals surface area contributed by atoms with Gasteiger partial charge in [0.2, 0.25) is 11.8 Å². The summed E-state index contributed by atoms with van der Waals surface area (Å²) < 4.78 is 0. The van der Waals surface area contributed by atoms with Crippen LogP contribution in [0.3, 0.4) is 0 Å². The van der Waals surface area contributed by atoms with E-state index in [1.807, 2.05) is 30.3 Å². The van der Waals surface area contributed by atoms with Gasteiger partial charge in [-0.2, -0.15) is 0 Å². The minimum Gasteiger partial charge on any atom is -0.353 e. The van der Waals surface area contributed by atoms with Gasteiger partial charge in [0, 0.05) is 31.1 Å². The Balaban J connectivity index is 1.35. The number of benzene rings is 1. The molecule has 2 aliphatic carbocycles. The van der Waals surface area contributed by atoms with Crippen LogP contribution in [0.15, 0.2) is 30.3 Å². The van der Waals surface area contributed by atoms with Crippen LogP contribution in [0, 0.1) is 11.8 Å². The van der Waals surface area contributed by atoms with Crippen molar-refractivity contribution in [1.82, 2.24) is 20.9 Å². The first kappa shape index (κ1) is 17.8. The molecule has 0 radical (unpaired) electrons. The molecule has 27 heavy (non-hydrogen) atoms. The maximum atomic E-state index is 12.6. The Bertz CT molecular complexity index is 719. The molecule has 0 spiro atoms. The molecule has 0 unspecified atom stereocenters. The molecule has 1 aromatic carbocycles. The van der Waals surface area contributed by atoms with Gasteiger partial charge in [0.05, 0.1) is 0 Å². The lowest BCUT2D eigenvalue weighted by Gasteiger charge is -2.23. The highest BCUT2D eigenvalue weighted by Crippen LogP contribution is 2.34. The van der Waals surface area contributed by atoms with Crippen LogP contribution in [0.2, 0.25) is 0 Å². The van der Waals surface area contributed by atoms with Gasteiger partial charge in [-0.25, -0.2) is 4.79 Å². The molecule has 144 valence electrons. The first-order chi connectivity index (χ1) is 13.1. The van der Waals surface area contributed by atoms with E-state index < -0.39 is 0 Å². The maximum Gasteiger partial charge on any atom is 0.318 e. The molecule has 3 fully saturated rings. The van der Waals surface area contributed by atoms with Crippen molar-refractivity contribution in [2.45, 2.75) is 44.3 Å². The number of nitrogens with zero attached hydrogens (tertiary/aromatic N) is 1. The standard InChI is InChI=1S/C20H26N4O3/c25-18-12-24(20(27)21-10-13-4-2-1-3-5-13)11-15-8-14(9-17(15)23-18)19(26)22-16-6-7-16/h1-5,14-17H,6-12H2,(H,21,27)(H,22,26)(H,23,25)/t14-,15+,17+/m0/s1. The molecular formula is C20H26N4O3. The fourth-order valence-corrected chi connectivity index (χ4v) is 4.08. The highest BCUT2D eigenvalue weighted by Gasteiger charge is 2.42. The summed E-state index contributed by atoms with van der Waals surface area (Å²) in [4.78, 5) is 38.8. The zero-order valence-electron chi connectivity index (χ0n) is 15.3. The molecule has 7 nitrogen and oxygen atoms in total. The largest absolute Gasteiger partial charge is 0.353 e. The molecule has 3 aliphatic rings. The molecule has 2 saturated carbocycles. The van der Waals surface area contributed by atoms with Gasteiger partial charge in [-0.3, -0.25) is 9.59 Å². The van der Waals surface area contributed by atoms with Crippen LogP contribution in [-0.4, -0.2) is 47.9 Å². The van der Waals surface area contributed by atoms with Crippen molar-refractivity contribution < 1.29 is 14.4 Å². The van der Waals surface area contributed by atoms with Crippen molar-refractivity contribution in [2.75, 3.05) is 13.1 Å². The highest BCUT2D eigenvalue weighted by atomic mass is 16.2. The molecule has 3 N–H and O–H groups in total. The molecule has 1 aromatic rings. The summed E-state index contributed by atoms with van der Waals surface area (Å²) in [6.45, 7) is 0.988. The number of fused-ring (bicyclic) bond motifs is 1. The fraction of sp³-hybridized carbons (Fsp3) is 0.550. The summed E-state index contributed by atoms with van der Waals surface area (Å²) >= 11 is 0. The van der Waals surface area contributed by atoms with Crippen molar-refractivity contribution >= 4 is 17.8 Å². The average molecular weight is 370 g/mol. The second kappa shape index (κ2) is 7.58. The van der Waals surface area contributed by atoms with Gasteiger partial charge in [-0.05, 0) is 37.2 Å². The molecular weight excluding hydrogens is 344 g/mol. The molecule has 1 heterocycles. The third-order valence-corrected chi connectivity index (χ3v) is 5.70. The molecule has 3 atom stereocenters. The van der Waals surface area contributed by atoms with Gasteiger partial charge in [-0.15, -0.1) is 0 Å². The Morgan fingerprint density at radius 2 is 1.93 bits per heavy atom. The van der Waals surface area contributed by atoms with E-state index in [1.165, 1.54) is 0 Å². The summed E-state index contributed by atoms with van der Waals surface area (Å²) in [5.41, 5.74) is 1.01. The van der Waals surface area contributed by atoms with Gasteiger partial charge >= 0.3 is 6.03 Å². The summed E-state index contributed by atoms with van der Waals surface area (Å²) in [6, 6.07) is 9.77. The summed E-state index contributed by atoms with van der Waals surface area (Å²) in [6.07, 6.45) is 3.51. The van der Waals surface area contributed by atoms with Crippen LogP contribution in [0.1, 0.15) is 31.2 Å². The molecule has 0 bridgehead atoms. The van der Waals surface area contributed by atoms with Crippen molar-refractivity contribution in [2.24, 2.45) is 11.8 Å². The van der Waals surface area contributed by atoms with Crippen molar-refractivity contribution in [3.05, 3.63) is 35.9 Å². The number of nitrogens with one attached hydrogen (secondary N) is 3. The first-order valence-electron chi connectivity index (χ1n) is 9.75. The summed E-state index contributed by atoms with van der Waals surface area (Å²) in [5.74, 6) is -0.0115. The van der Waals surface area contributed by atoms with Crippen molar-refractivity contribution in [3.63, 3.8) is 0 Å². The molecule has 1 aliphatic heterocycles. The van der Waals surface area contributed by atoms with Crippen LogP contribution in [0.4, 0.5) is 4.79 Å². The minimum absolute atomic E-state index is 0.0284.